The van der Waals surface area contributed by atoms with Crippen molar-refractivity contribution in [3.63, 3.8) is 0 Å². The summed E-state index contributed by atoms with van der Waals surface area (Å²) in [5, 5.41) is 3.31. The lowest BCUT2D eigenvalue weighted by atomic mass is 10.0. The van der Waals surface area contributed by atoms with E-state index in [-0.39, 0.29) is 11.9 Å². The van der Waals surface area contributed by atoms with Gasteiger partial charge in [0.15, 0.2) is 0 Å². The molecule has 2 rings (SSSR count). The fraction of sp³-hybridized carbons (Fsp3) is 0.353. The summed E-state index contributed by atoms with van der Waals surface area (Å²) in [6, 6.07) is 11.0. The highest BCUT2D eigenvalue weighted by atomic mass is 19.1. The van der Waals surface area contributed by atoms with Crippen molar-refractivity contribution in [1.29, 1.82) is 0 Å². The summed E-state index contributed by atoms with van der Waals surface area (Å²) < 4.78 is 19.0. The zero-order valence-corrected chi connectivity index (χ0v) is 12.5. The zero-order valence-electron chi connectivity index (χ0n) is 12.5. The van der Waals surface area contributed by atoms with E-state index in [4.69, 9.17) is 4.74 Å². The third-order valence-electron chi connectivity index (χ3n) is 3.45. The number of halogens is 1. The van der Waals surface area contributed by atoms with E-state index in [0.717, 1.165) is 25.1 Å². The molecule has 112 valence electrons. The summed E-state index contributed by atoms with van der Waals surface area (Å²) in [5.41, 5.74) is 1.70. The second-order valence-corrected chi connectivity index (χ2v) is 4.87. The van der Waals surface area contributed by atoms with E-state index in [1.54, 1.807) is 19.4 Å². The van der Waals surface area contributed by atoms with Gasteiger partial charge in [0.25, 0.3) is 0 Å². The van der Waals surface area contributed by atoms with Gasteiger partial charge >= 0.3 is 0 Å². The van der Waals surface area contributed by atoms with Crippen LogP contribution in [-0.4, -0.2) is 18.6 Å². The predicted octanol–water partition coefficient (Wildman–Crippen LogP) is 3.51. The van der Waals surface area contributed by atoms with Crippen LogP contribution < -0.4 is 10.1 Å². The molecule has 1 aromatic carbocycles. The van der Waals surface area contributed by atoms with Crippen molar-refractivity contribution in [3.8, 4) is 5.75 Å². The second kappa shape index (κ2) is 7.74. The topological polar surface area (TPSA) is 34.1 Å². The van der Waals surface area contributed by atoms with E-state index in [1.807, 2.05) is 31.2 Å². The van der Waals surface area contributed by atoms with Gasteiger partial charge in [-0.15, -0.1) is 0 Å². The summed E-state index contributed by atoms with van der Waals surface area (Å²) in [6.07, 6.45) is 3.29. The fourth-order valence-electron chi connectivity index (χ4n) is 2.34. The van der Waals surface area contributed by atoms with Crippen LogP contribution in [0.15, 0.2) is 42.6 Å². The van der Waals surface area contributed by atoms with Gasteiger partial charge in [-0.05, 0) is 49.2 Å². The van der Waals surface area contributed by atoms with E-state index < -0.39 is 0 Å². The normalized spacial score (nSPS) is 12.1. The molecule has 0 amide bonds. The number of ether oxygens (including phenoxy) is 1. The lowest BCUT2D eigenvalue weighted by Crippen LogP contribution is -2.23. The van der Waals surface area contributed by atoms with Crippen molar-refractivity contribution < 1.29 is 9.13 Å². The Labute approximate surface area is 125 Å². The molecule has 1 atom stereocenters. The Hall–Kier alpha value is -1.94. The first kappa shape index (κ1) is 15.4. The fourth-order valence-corrected chi connectivity index (χ4v) is 2.34. The average molecular weight is 288 g/mol. The molecule has 0 bridgehead atoms. The van der Waals surface area contributed by atoms with Gasteiger partial charge in [-0.1, -0.05) is 19.1 Å². The van der Waals surface area contributed by atoms with E-state index in [1.165, 1.54) is 11.6 Å². The van der Waals surface area contributed by atoms with Crippen molar-refractivity contribution in [3.05, 3.63) is 59.7 Å². The number of benzene rings is 1. The van der Waals surface area contributed by atoms with Gasteiger partial charge in [-0.3, -0.25) is 4.98 Å². The third kappa shape index (κ3) is 4.26. The molecule has 3 nitrogen and oxygen atoms in total. The molecule has 0 aliphatic rings. The minimum Gasteiger partial charge on any atom is -0.497 e. The van der Waals surface area contributed by atoms with Crippen LogP contribution in [0.1, 0.15) is 30.6 Å². The molecule has 0 saturated carbocycles. The van der Waals surface area contributed by atoms with Crippen LogP contribution in [-0.2, 0) is 6.42 Å². The van der Waals surface area contributed by atoms with Crippen molar-refractivity contribution in [1.82, 2.24) is 10.3 Å². The number of hydrogen-bond donors (Lipinski definition) is 1. The number of nitrogens with one attached hydrogen (secondary N) is 1. The van der Waals surface area contributed by atoms with E-state index in [0.29, 0.717) is 5.69 Å². The number of hydrogen-bond acceptors (Lipinski definition) is 3. The molecule has 0 radical (unpaired) electrons. The maximum Gasteiger partial charge on any atom is 0.146 e. The van der Waals surface area contributed by atoms with Crippen LogP contribution in [0.5, 0.6) is 5.75 Å². The molecule has 21 heavy (non-hydrogen) atoms. The van der Waals surface area contributed by atoms with Crippen LogP contribution in [0.3, 0.4) is 0 Å². The first-order valence-electron chi connectivity index (χ1n) is 7.21. The average Bonchev–Trinajstić information content (AvgIpc) is 2.53. The summed E-state index contributed by atoms with van der Waals surface area (Å²) in [5.74, 6) is 0.593. The lowest BCUT2D eigenvalue weighted by Gasteiger charge is -2.18. The van der Waals surface area contributed by atoms with E-state index >= 15 is 0 Å². The number of nitrogens with zero attached hydrogens (tertiary/aromatic N) is 1. The minimum atomic E-state index is -0.252. The highest BCUT2D eigenvalue weighted by Gasteiger charge is 2.15. The van der Waals surface area contributed by atoms with Crippen molar-refractivity contribution in [2.24, 2.45) is 0 Å². The first-order valence-corrected chi connectivity index (χ1v) is 7.21. The predicted molar refractivity (Wildman–Crippen MR) is 81.9 cm³/mol. The summed E-state index contributed by atoms with van der Waals surface area (Å²) in [4.78, 5) is 4.18. The molecule has 0 aliphatic carbocycles. The Balaban J connectivity index is 2.04. The number of aromatic nitrogens is 1. The molecule has 1 heterocycles. The smallest absolute Gasteiger partial charge is 0.146 e. The van der Waals surface area contributed by atoms with Crippen LogP contribution in [0, 0.1) is 5.82 Å². The van der Waals surface area contributed by atoms with Crippen molar-refractivity contribution in [2.45, 2.75) is 25.8 Å². The minimum absolute atomic E-state index is 0.0710. The molecule has 0 saturated heterocycles. The SMILES string of the molecule is CCNC(CCc1ccc(OC)cc1)c1ncccc1F. The van der Waals surface area contributed by atoms with Crippen LogP contribution >= 0.6 is 0 Å². The van der Waals surface area contributed by atoms with Gasteiger partial charge in [0.05, 0.1) is 18.8 Å². The quantitative estimate of drug-likeness (QED) is 0.846. The molecule has 2 aromatic rings. The molecule has 1 unspecified atom stereocenters. The third-order valence-corrected chi connectivity index (χ3v) is 3.45. The van der Waals surface area contributed by atoms with Gasteiger partial charge in [-0.25, -0.2) is 4.39 Å². The number of aryl methyl sites for hydroxylation is 1. The largest absolute Gasteiger partial charge is 0.497 e. The maximum atomic E-state index is 13.9. The molecule has 4 heteroatoms. The molecule has 0 aliphatic heterocycles. The molecular weight excluding hydrogens is 267 g/mol. The molecule has 0 spiro atoms. The first-order chi connectivity index (χ1) is 10.2. The Morgan fingerprint density at radius 3 is 2.62 bits per heavy atom. The second-order valence-electron chi connectivity index (χ2n) is 4.87. The maximum absolute atomic E-state index is 13.9. The molecule has 1 aromatic heterocycles. The van der Waals surface area contributed by atoms with Crippen molar-refractivity contribution in [2.75, 3.05) is 13.7 Å². The highest BCUT2D eigenvalue weighted by molar-refractivity contribution is 5.27. The number of pyridine rings is 1. The van der Waals surface area contributed by atoms with Gasteiger partial charge in [0.1, 0.15) is 11.6 Å². The Morgan fingerprint density at radius 2 is 2.00 bits per heavy atom. The molecule has 1 N–H and O–H groups in total. The van der Waals surface area contributed by atoms with Gasteiger partial charge in [0, 0.05) is 6.20 Å². The van der Waals surface area contributed by atoms with Crippen molar-refractivity contribution >= 4 is 0 Å². The van der Waals surface area contributed by atoms with Crippen LogP contribution in [0.25, 0.3) is 0 Å². The monoisotopic (exact) mass is 288 g/mol. The lowest BCUT2D eigenvalue weighted by molar-refractivity contribution is 0.414. The summed E-state index contributed by atoms with van der Waals surface area (Å²) >= 11 is 0. The molecular formula is C17H21FN2O. The van der Waals surface area contributed by atoms with Gasteiger partial charge in [-0.2, -0.15) is 0 Å². The van der Waals surface area contributed by atoms with Gasteiger partial charge in [0.2, 0.25) is 0 Å². The summed E-state index contributed by atoms with van der Waals surface area (Å²) in [6.45, 7) is 2.80. The van der Waals surface area contributed by atoms with E-state index in [2.05, 4.69) is 10.3 Å². The standard InChI is InChI=1S/C17H21FN2O/c1-3-19-16(17-15(18)5-4-12-20-17)11-8-13-6-9-14(21-2)10-7-13/h4-7,9-10,12,16,19H,3,8,11H2,1-2H3. The Morgan fingerprint density at radius 1 is 1.24 bits per heavy atom. The zero-order chi connectivity index (χ0) is 15.1. The Bertz CT molecular complexity index is 557. The van der Waals surface area contributed by atoms with E-state index in [9.17, 15) is 4.39 Å². The van der Waals surface area contributed by atoms with Crippen LogP contribution in [0.4, 0.5) is 4.39 Å². The number of rotatable bonds is 7. The number of methoxy groups -OCH3 is 1. The van der Waals surface area contributed by atoms with Gasteiger partial charge < -0.3 is 10.1 Å². The summed E-state index contributed by atoms with van der Waals surface area (Å²) in [7, 11) is 1.65. The highest BCUT2D eigenvalue weighted by Crippen LogP contribution is 2.21. The Kier molecular flexibility index (Phi) is 5.69. The van der Waals surface area contributed by atoms with Crippen LogP contribution in [0.2, 0.25) is 0 Å². The molecule has 0 fully saturated rings.